The lowest BCUT2D eigenvalue weighted by molar-refractivity contribution is -0.119. The molecule has 0 aliphatic heterocycles. The predicted molar refractivity (Wildman–Crippen MR) is 74.4 cm³/mol. The molecule has 96 valence electrons. The molecule has 0 aliphatic rings. The summed E-state index contributed by atoms with van der Waals surface area (Å²) in [5.74, 6) is -0.0242. The molecule has 0 bridgehead atoms. The van der Waals surface area contributed by atoms with Crippen LogP contribution in [0, 0.1) is 13.8 Å². The average molecular weight is 245 g/mol. The maximum atomic E-state index is 11.8. The van der Waals surface area contributed by atoms with Gasteiger partial charge in [0, 0.05) is 0 Å². The topological polar surface area (TPSA) is 67.5 Å². The lowest BCUT2D eigenvalue weighted by Gasteiger charge is -2.09. The number of nitrogens with two attached hydrogens (primary N) is 1. The maximum Gasteiger partial charge on any atom is 0.231 e. The molecular weight excluding hydrogens is 226 g/mol. The van der Waals surface area contributed by atoms with E-state index in [1.54, 1.807) is 6.08 Å². The van der Waals surface area contributed by atoms with E-state index in [1.807, 2.05) is 32.0 Å². The molecule has 0 radical (unpaired) electrons. The van der Waals surface area contributed by atoms with Crippen LogP contribution in [-0.2, 0) is 11.2 Å². The molecule has 0 fully saturated rings. The summed E-state index contributed by atoms with van der Waals surface area (Å²) in [5, 5.41) is 2.56. The van der Waals surface area contributed by atoms with Crippen LogP contribution in [0.3, 0.4) is 0 Å². The number of hydrogen-bond acceptors (Lipinski definition) is 2. The summed E-state index contributed by atoms with van der Waals surface area (Å²) < 4.78 is 0. The van der Waals surface area contributed by atoms with Gasteiger partial charge in [-0.25, -0.2) is 4.99 Å². The first-order valence-electron chi connectivity index (χ1n) is 5.80. The van der Waals surface area contributed by atoms with E-state index in [1.165, 1.54) is 0 Å². The quantitative estimate of drug-likeness (QED) is 0.479. The highest BCUT2D eigenvalue weighted by Crippen LogP contribution is 2.13. The van der Waals surface area contributed by atoms with Crippen LogP contribution >= 0.6 is 0 Å². The number of benzene rings is 1. The van der Waals surface area contributed by atoms with Crippen molar-refractivity contribution < 1.29 is 4.79 Å². The number of guanidine groups is 1. The number of amides is 1. The fourth-order valence-corrected chi connectivity index (χ4v) is 1.68. The minimum absolute atomic E-state index is 0.131. The van der Waals surface area contributed by atoms with Gasteiger partial charge in [0.05, 0.1) is 13.0 Å². The van der Waals surface area contributed by atoms with Crippen molar-refractivity contribution in [3.05, 3.63) is 47.5 Å². The number of rotatable bonds is 4. The summed E-state index contributed by atoms with van der Waals surface area (Å²) >= 11 is 0. The third-order valence-electron chi connectivity index (χ3n) is 2.64. The Labute approximate surface area is 108 Å². The van der Waals surface area contributed by atoms with Gasteiger partial charge in [0.15, 0.2) is 5.96 Å². The number of aryl methyl sites for hydroxylation is 2. The van der Waals surface area contributed by atoms with Crippen molar-refractivity contribution in [2.24, 2.45) is 10.7 Å². The Morgan fingerprint density at radius 2 is 2.06 bits per heavy atom. The second-order valence-electron chi connectivity index (χ2n) is 4.11. The first-order chi connectivity index (χ1) is 8.54. The highest BCUT2D eigenvalue weighted by molar-refractivity contribution is 5.97. The summed E-state index contributed by atoms with van der Waals surface area (Å²) in [6, 6.07) is 5.96. The number of carbonyl (C=O) groups excluding carboxylic acids is 1. The molecule has 4 heteroatoms. The van der Waals surface area contributed by atoms with E-state index in [2.05, 4.69) is 16.9 Å². The molecule has 1 aromatic carbocycles. The molecule has 1 amide bonds. The first kappa shape index (κ1) is 14.0. The summed E-state index contributed by atoms with van der Waals surface area (Å²) in [4.78, 5) is 15.7. The van der Waals surface area contributed by atoms with Gasteiger partial charge in [0.1, 0.15) is 0 Å². The van der Waals surface area contributed by atoms with Crippen LogP contribution in [0.4, 0.5) is 0 Å². The molecule has 0 aliphatic carbocycles. The number of nitrogens with one attached hydrogen (secondary N) is 1. The van der Waals surface area contributed by atoms with E-state index in [4.69, 9.17) is 5.73 Å². The van der Waals surface area contributed by atoms with Crippen molar-refractivity contribution >= 4 is 11.9 Å². The molecule has 0 heterocycles. The van der Waals surface area contributed by atoms with Gasteiger partial charge in [-0.05, 0) is 30.5 Å². The molecule has 0 saturated carbocycles. The molecule has 0 spiro atoms. The van der Waals surface area contributed by atoms with Gasteiger partial charge in [-0.2, -0.15) is 0 Å². The number of nitrogens with zero attached hydrogens (tertiary/aromatic N) is 1. The number of hydrogen-bond donors (Lipinski definition) is 2. The van der Waals surface area contributed by atoms with E-state index in [9.17, 15) is 4.79 Å². The molecule has 0 atom stereocenters. The normalized spacial score (nSPS) is 11.1. The fourth-order valence-electron chi connectivity index (χ4n) is 1.68. The van der Waals surface area contributed by atoms with Crippen molar-refractivity contribution in [1.82, 2.24) is 5.32 Å². The molecular formula is C14H19N3O. The van der Waals surface area contributed by atoms with Gasteiger partial charge in [-0.1, -0.05) is 24.3 Å². The van der Waals surface area contributed by atoms with E-state index < -0.39 is 0 Å². The third-order valence-corrected chi connectivity index (χ3v) is 2.64. The number of carbonyl (C=O) groups is 1. The number of aliphatic imine (C=N–C) groups is 1. The average Bonchev–Trinajstić information content (AvgIpc) is 2.31. The molecule has 4 nitrogen and oxygen atoms in total. The van der Waals surface area contributed by atoms with Gasteiger partial charge in [-0.3, -0.25) is 10.1 Å². The Balaban J connectivity index is 2.68. The van der Waals surface area contributed by atoms with Gasteiger partial charge in [-0.15, -0.1) is 6.58 Å². The molecule has 1 rings (SSSR count). The molecule has 1 aromatic rings. The summed E-state index contributed by atoms with van der Waals surface area (Å²) in [6.07, 6.45) is 1.92. The van der Waals surface area contributed by atoms with Gasteiger partial charge < -0.3 is 5.73 Å². The zero-order chi connectivity index (χ0) is 13.5. The third kappa shape index (κ3) is 4.05. The van der Waals surface area contributed by atoms with Crippen molar-refractivity contribution in [2.45, 2.75) is 20.3 Å². The van der Waals surface area contributed by atoms with Crippen LogP contribution in [0.1, 0.15) is 16.7 Å². The van der Waals surface area contributed by atoms with Crippen LogP contribution in [-0.4, -0.2) is 18.4 Å². The summed E-state index contributed by atoms with van der Waals surface area (Å²) in [6.45, 7) is 7.91. The Hall–Kier alpha value is -2.10. The second-order valence-corrected chi connectivity index (χ2v) is 4.11. The zero-order valence-electron chi connectivity index (χ0n) is 10.9. The van der Waals surface area contributed by atoms with Crippen LogP contribution in [0.2, 0.25) is 0 Å². The van der Waals surface area contributed by atoms with Crippen LogP contribution < -0.4 is 11.1 Å². The smallest absolute Gasteiger partial charge is 0.231 e. The van der Waals surface area contributed by atoms with Crippen molar-refractivity contribution in [3.8, 4) is 0 Å². The Kier molecular flexibility index (Phi) is 5.11. The van der Waals surface area contributed by atoms with E-state index in [0.29, 0.717) is 13.0 Å². The SMILES string of the molecule is C=CCN=C(N)NC(=O)Cc1c(C)cccc1C. The standard InChI is InChI=1S/C14H19N3O/c1-4-8-16-14(15)17-13(18)9-12-10(2)6-5-7-11(12)3/h4-7H,1,8-9H2,2-3H3,(H3,15,16,17,18). The molecule has 0 unspecified atom stereocenters. The van der Waals surface area contributed by atoms with Gasteiger partial charge in [0.25, 0.3) is 0 Å². The monoisotopic (exact) mass is 245 g/mol. The van der Waals surface area contributed by atoms with Crippen LogP contribution in [0.25, 0.3) is 0 Å². The van der Waals surface area contributed by atoms with Gasteiger partial charge >= 0.3 is 0 Å². The zero-order valence-corrected chi connectivity index (χ0v) is 10.9. The highest BCUT2D eigenvalue weighted by Gasteiger charge is 2.08. The van der Waals surface area contributed by atoms with Crippen LogP contribution in [0.5, 0.6) is 0 Å². The fraction of sp³-hybridized carbons (Fsp3) is 0.286. The molecule has 0 saturated heterocycles. The van der Waals surface area contributed by atoms with E-state index in [-0.39, 0.29) is 11.9 Å². The maximum absolute atomic E-state index is 11.8. The van der Waals surface area contributed by atoms with Crippen molar-refractivity contribution in [3.63, 3.8) is 0 Å². The Morgan fingerprint density at radius 1 is 1.44 bits per heavy atom. The largest absolute Gasteiger partial charge is 0.370 e. The molecule has 18 heavy (non-hydrogen) atoms. The second kappa shape index (κ2) is 6.59. The Morgan fingerprint density at radius 3 is 2.61 bits per heavy atom. The lowest BCUT2D eigenvalue weighted by atomic mass is 10.00. The van der Waals surface area contributed by atoms with Crippen molar-refractivity contribution in [2.75, 3.05) is 6.54 Å². The molecule has 0 aromatic heterocycles. The highest BCUT2D eigenvalue weighted by atomic mass is 16.1. The summed E-state index contributed by atoms with van der Waals surface area (Å²) in [7, 11) is 0. The lowest BCUT2D eigenvalue weighted by Crippen LogP contribution is -2.38. The van der Waals surface area contributed by atoms with Gasteiger partial charge in [0.2, 0.25) is 5.91 Å². The van der Waals surface area contributed by atoms with Crippen molar-refractivity contribution in [1.29, 1.82) is 0 Å². The van der Waals surface area contributed by atoms with Crippen LogP contribution in [0.15, 0.2) is 35.8 Å². The van der Waals surface area contributed by atoms with E-state index >= 15 is 0 Å². The van der Waals surface area contributed by atoms with E-state index in [0.717, 1.165) is 16.7 Å². The first-order valence-corrected chi connectivity index (χ1v) is 5.80. The summed E-state index contributed by atoms with van der Waals surface area (Å²) in [5.41, 5.74) is 8.80. The molecule has 3 N–H and O–H groups in total. The minimum Gasteiger partial charge on any atom is -0.370 e. The Bertz CT molecular complexity index is 458. The minimum atomic E-state index is -0.155. The predicted octanol–water partition coefficient (Wildman–Crippen LogP) is 1.46.